The standard InChI is InChI=1S/C21H21F3INO3/c1-13(19(27)17-10-15(21(22,23)24)7-8-18(17)25)20(28)26-12-29-11-16(26)9-14-5-3-2-4-6-14/h2-8,10,13,16,19,27H,9,11-12H2,1H3/t13-,16+,19+/m0/s1. The minimum atomic E-state index is -4.52. The predicted molar refractivity (Wildman–Crippen MR) is 110 cm³/mol. The van der Waals surface area contributed by atoms with E-state index in [0.29, 0.717) is 16.6 Å². The highest BCUT2D eigenvalue weighted by Crippen LogP contribution is 2.35. The predicted octanol–water partition coefficient (Wildman–Crippen LogP) is 4.41. The minimum Gasteiger partial charge on any atom is -0.388 e. The Morgan fingerprint density at radius 2 is 1.97 bits per heavy atom. The first-order valence-electron chi connectivity index (χ1n) is 9.15. The number of halogens is 4. The van der Waals surface area contributed by atoms with Gasteiger partial charge in [-0.05, 0) is 58.3 Å². The summed E-state index contributed by atoms with van der Waals surface area (Å²) in [5.74, 6) is -1.25. The summed E-state index contributed by atoms with van der Waals surface area (Å²) in [7, 11) is 0. The smallest absolute Gasteiger partial charge is 0.388 e. The Morgan fingerprint density at radius 3 is 2.62 bits per heavy atom. The van der Waals surface area contributed by atoms with Crippen molar-refractivity contribution in [3.8, 4) is 0 Å². The molecule has 1 saturated heterocycles. The minimum absolute atomic E-state index is 0.0981. The molecule has 1 fully saturated rings. The molecule has 0 radical (unpaired) electrons. The van der Waals surface area contributed by atoms with E-state index in [9.17, 15) is 23.1 Å². The Labute approximate surface area is 180 Å². The number of ether oxygens (including phenoxy) is 1. The highest BCUT2D eigenvalue weighted by molar-refractivity contribution is 14.1. The number of rotatable bonds is 5. The summed E-state index contributed by atoms with van der Waals surface area (Å²) in [6, 6.07) is 12.7. The summed E-state index contributed by atoms with van der Waals surface area (Å²) < 4.78 is 45.1. The maximum absolute atomic E-state index is 13.1. The number of aliphatic hydroxyl groups is 1. The Bertz CT molecular complexity index is 860. The van der Waals surface area contributed by atoms with E-state index in [1.54, 1.807) is 4.90 Å². The van der Waals surface area contributed by atoms with Crippen molar-refractivity contribution in [2.75, 3.05) is 13.3 Å². The zero-order valence-electron chi connectivity index (χ0n) is 15.7. The van der Waals surface area contributed by atoms with E-state index >= 15 is 0 Å². The highest BCUT2D eigenvalue weighted by atomic mass is 127. The summed E-state index contributed by atoms with van der Waals surface area (Å²) in [5, 5.41) is 10.7. The van der Waals surface area contributed by atoms with Crippen LogP contribution in [0.5, 0.6) is 0 Å². The molecule has 1 N–H and O–H groups in total. The maximum atomic E-state index is 13.1. The quantitative estimate of drug-likeness (QED) is 0.596. The molecule has 3 atom stereocenters. The van der Waals surface area contributed by atoms with Crippen LogP contribution in [0.4, 0.5) is 13.2 Å². The normalized spacial score (nSPS) is 19.2. The van der Waals surface area contributed by atoms with Crippen LogP contribution >= 0.6 is 22.6 Å². The molecule has 1 heterocycles. The second kappa shape index (κ2) is 9.01. The van der Waals surface area contributed by atoms with Crippen LogP contribution in [0.1, 0.15) is 29.7 Å². The summed E-state index contributed by atoms with van der Waals surface area (Å²) in [4.78, 5) is 14.6. The topological polar surface area (TPSA) is 49.8 Å². The second-order valence-electron chi connectivity index (χ2n) is 7.12. The zero-order chi connectivity index (χ0) is 21.2. The number of aliphatic hydroxyl groups excluding tert-OH is 1. The fourth-order valence-electron chi connectivity index (χ4n) is 3.39. The first kappa shape index (κ1) is 22.0. The fraction of sp³-hybridized carbons (Fsp3) is 0.381. The van der Waals surface area contributed by atoms with Crippen molar-refractivity contribution in [3.63, 3.8) is 0 Å². The third kappa shape index (κ3) is 5.10. The van der Waals surface area contributed by atoms with Gasteiger partial charge in [-0.25, -0.2) is 0 Å². The van der Waals surface area contributed by atoms with Gasteiger partial charge in [0.25, 0.3) is 0 Å². The Kier molecular flexibility index (Phi) is 6.85. The van der Waals surface area contributed by atoms with Crippen LogP contribution in [0, 0.1) is 9.49 Å². The van der Waals surface area contributed by atoms with Crippen molar-refractivity contribution in [2.45, 2.75) is 31.7 Å². The van der Waals surface area contributed by atoms with E-state index in [1.165, 1.54) is 13.0 Å². The Balaban J connectivity index is 1.77. The van der Waals surface area contributed by atoms with Crippen LogP contribution in [-0.2, 0) is 22.1 Å². The van der Waals surface area contributed by atoms with E-state index < -0.39 is 23.8 Å². The van der Waals surface area contributed by atoms with Gasteiger partial charge in [0.2, 0.25) is 5.91 Å². The number of alkyl halides is 3. The van der Waals surface area contributed by atoms with Gasteiger partial charge in [-0.2, -0.15) is 13.2 Å². The lowest BCUT2D eigenvalue weighted by atomic mass is 9.94. The number of amides is 1. The lowest BCUT2D eigenvalue weighted by Crippen LogP contribution is -2.42. The lowest BCUT2D eigenvalue weighted by Gasteiger charge is -2.28. The molecule has 8 heteroatoms. The average molecular weight is 519 g/mol. The van der Waals surface area contributed by atoms with Crippen LogP contribution in [0.2, 0.25) is 0 Å². The first-order valence-corrected chi connectivity index (χ1v) is 10.2. The molecule has 156 valence electrons. The second-order valence-corrected chi connectivity index (χ2v) is 8.28. The number of carbonyl (C=O) groups is 1. The molecule has 2 aromatic carbocycles. The van der Waals surface area contributed by atoms with Crippen molar-refractivity contribution >= 4 is 28.5 Å². The molecule has 0 saturated carbocycles. The number of hydrogen-bond donors (Lipinski definition) is 1. The molecule has 1 amide bonds. The summed E-state index contributed by atoms with van der Waals surface area (Å²) >= 11 is 1.87. The van der Waals surface area contributed by atoms with Gasteiger partial charge in [-0.3, -0.25) is 4.79 Å². The molecular weight excluding hydrogens is 498 g/mol. The zero-order valence-corrected chi connectivity index (χ0v) is 17.9. The molecule has 2 aromatic rings. The van der Waals surface area contributed by atoms with Crippen LogP contribution in [0.25, 0.3) is 0 Å². The number of hydrogen-bond acceptors (Lipinski definition) is 3. The summed E-state index contributed by atoms with van der Waals surface area (Å²) in [6.45, 7) is 2.01. The van der Waals surface area contributed by atoms with Crippen LogP contribution in [0.3, 0.4) is 0 Å². The first-order chi connectivity index (χ1) is 13.7. The van der Waals surface area contributed by atoms with Gasteiger partial charge in [0.15, 0.2) is 0 Å². The third-order valence-electron chi connectivity index (χ3n) is 5.08. The van der Waals surface area contributed by atoms with Gasteiger partial charge in [0, 0.05) is 3.57 Å². The van der Waals surface area contributed by atoms with E-state index in [-0.39, 0.29) is 24.2 Å². The molecule has 0 aromatic heterocycles. The molecular formula is C21H21F3INO3. The van der Waals surface area contributed by atoms with Gasteiger partial charge >= 0.3 is 6.18 Å². The molecule has 1 aliphatic heterocycles. The monoisotopic (exact) mass is 519 g/mol. The maximum Gasteiger partial charge on any atom is 0.416 e. The number of benzene rings is 2. The van der Waals surface area contributed by atoms with Gasteiger partial charge in [0.05, 0.1) is 30.2 Å². The molecule has 1 aliphatic rings. The molecule has 3 rings (SSSR count). The van der Waals surface area contributed by atoms with E-state index in [0.717, 1.165) is 17.7 Å². The number of carbonyl (C=O) groups excluding carboxylic acids is 1. The summed E-state index contributed by atoms with van der Waals surface area (Å²) in [6.07, 6.45) is -5.26. The van der Waals surface area contributed by atoms with Gasteiger partial charge in [-0.15, -0.1) is 0 Å². The SMILES string of the molecule is C[C@H](C(=O)N1COC[C@H]1Cc1ccccc1)[C@@H](O)c1cc(C(F)(F)F)ccc1I. The summed E-state index contributed by atoms with van der Waals surface area (Å²) in [5.41, 5.74) is 0.306. The van der Waals surface area contributed by atoms with Crippen molar-refractivity contribution in [1.29, 1.82) is 0 Å². The van der Waals surface area contributed by atoms with Crippen molar-refractivity contribution in [1.82, 2.24) is 4.90 Å². The van der Waals surface area contributed by atoms with Crippen LogP contribution in [-0.4, -0.2) is 35.3 Å². The Morgan fingerprint density at radius 1 is 1.28 bits per heavy atom. The van der Waals surface area contributed by atoms with Crippen molar-refractivity contribution < 1.29 is 27.8 Å². The van der Waals surface area contributed by atoms with Crippen LogP contribution < -0.4 is 0 Å². The van der Waals surface area contributed by atoms with Gasteiger partial charge in [0.1, 0.15) is 6.73 Å². The largest absolute Gasteiger partial charge is 0.416 e. The van der Waals surface area contributed by atoms with Gasteiger partial charge in [-0.1, -0.05) is 37.3 Å². The van der Waals surface area contributed by atoms with E-state index in [1.807, 2.05) is 52.9 Å². The van der Waals surface area contributed by atoms with Crippen molar-refractivity contribution in [3.05, 3.63) is 68.8 Å². The molecule has 0 bridgehead atoms. The lowest BCUT2D eigenvalue weighted by molar-refractivity contribution is -0.140. The molecule has 0 aliphatic carbocycles. The van der Waals surface area contributed by atoms with Crippen molar-refractivity contribution in [2.24, 2.45) is 5.92 Å². The molecule has 0 unspecified atom stereocenters. The van der Waals surface area contributed by atoms with Crippen LogP contribution in [0.15, 0.2) is 48.5 Å². The Hall–Kier alpha value is -1.65. The number of nitrogens with zero attached hydrogens (tertiary/aromatic N) is 1. The van der Waals surface area contributed by atoms with E-state index in [4.69, 9.17) is 4.74 Å². The fourth-order valence-corrected chi connectivity index (χ4v) is 4.05. The van der Waals surface area contributed by atoms with E-state index in [2.05, 4.69) is 0 Å². The third-order valence-corrected chi connectivity index (χ3v) is 6.07. The average Bonchev–Trinajstić information content (AvgIpc) is 3.14. The molecule has 4 nitrogen and oxygen atoms in total. The molecule has 29 heavy (non-hydrogen) atoms. The van der Waals surface area contributed by atoms with Gasteiger partial charge < -0.3 is 14.7 Å². The highest BCUT2D eigenvalue weighted by Gasteiger charge is 2.37. The molecule has 0 spiro atoms.